The molecular weight excluding hydrogens is 401 g/mol. The molecule has 0 bridgehead atoms. The predicted molar refractivity (Wildman–Crippen MR) is 105 cm³/mol. The van der Waals surface area contributed by atoms with Gasteiger partial charge in [-0.25, -0.2) is 4.39 Å². The predicted octanol–water partition coefficient (Wildman–Crippen LogP) is 1.40. The Hall–Kier alpha value is -2.97. The molecule has 7 nitrogen and oxygen atoms in total. The molecule has 1 fully saturated rings. The molecule has 0 unspecified atom stereocenters. The van der Waals surface area contributed by atoms with E-state index in [0.29, 0.717) is 11.3 Å². The van der Waals surface area contributed by atoms with Crippen LogP contribution >= 0.6 is 11.6 Å². The molecular formula is C20H19ClFN3O4. The van der Waals surface area contributed by atoms with E-state index in [-0.39, 0.29) is 36.5 Å². The highest BCUT2D eigenvalue weighted by molar-refractivity contribution is 6.30. The highest BCUT2D eigenvalue weighted by atomic mass is 35.5. The number of benzene rings is 2. The molecule has 9 heteroatoms. The van der Waals surface area contributed by atoms with Gasteiger partial charge in [0.1, 0.15) is 5.82 Å². The third kappa shape index (κ3) is 4.38. The molecule has 1 atom stereocenters. The van der Waals surface area contributed by atoms with E-state index in [1.807, 2.05) is 0 Å². The van der Waals surface area contributed by atoms with Crippen LogP contribution in [0.2, 0.25) is 5.02 Å². The van der Waals surface area contributed by atoms with Gasteiger partial charge >= 0.3 is 0 Å². The average Bonchev–Trinajstić information content (AvgIpc) is 2.97. The molecule has 0 radical (unpaired) electrons. The maximum atomic E-state index is 13.4. The van der Waals surface area contributed by atoms with Gasteiger partial charge in [0.25, 0.3) is 11.8 Å². The van der Waals surface area contributed by atoms with Crippen molar-refractivity contribution in [2.45, 2.75) is 18.4 Å². The first-order valence-electron chi connectivity index (χ1n) is 8.88. The molecule has 2 aromatic rings. The van der Waals surface area contributed by atoms with Gasteiger partial charge in [-0.2, -0.15) is 0 Å². The third-order valence-corrected chi connectivity index (χ3v) is 4.98. The number of hydrogen-bond donors (Lipinski definition) is 3. The van der Waals surface area contributed by atoms with Gasteiger partial charge in [-0.15, -0.1) is 0 Å². The van der Waals surface area contributed by atoms with Crippen molar-refractivity contribution < 1.29 is 23.9 Å². The van der Waals surface area contributed by atoms with Gasteiger partial charge in [0, 0.05) is 35.8 Å². The molecule has 29 heavy (non-hydrogen) atoms. The summed E-state index contributed by atoms with van der Waals surface area (Å²) in [5.74, 6) is -2.65. The number of nitrogens with zero attached hydrogens (tertiary/aromatic N) is 1. The number of anilines is 1. The Morgan fingerprint density at radius 2 is 1.93 bits per heavy atom. The second kappa shape index (κ2) is 8.18. The number of nitrogens with two attached hydrogens (primary N) is 1. The van der Waals surface area contributed by atoms with Gasteiger partial charge in [-0.3, -0.25) is 14.4 Å². The van der Waals surface area contributed by atoms with E-state index >= 15 is 0 Å². The molecule has 1 aliphatic rings. The number of primary amides is 1. The molecule has 152 valence electrons. The second-order valence-electron chi connectivity index (χ2n) is 6.76. The molecule has 0 spiro atoms. The number of aliphatic hydroxyl groups is 1. The zero-order chi connectivity index (χ0) is 21.2. The average molecular weight is 420 g/mol. The maximum Gasteiger partial charge on any atom is 0.268 e. The summed E-state index contributed by atoms with van der Waals surface area (Å²) in [5, 5.41) is 13.4. The van der Waals surface area contributed by atoms with E-state index in [0.717, 1.165) is 0 Å². The molecule has 1 saturated heterocycles. The van der Waals surface area contributed by atoms with E-state index in [2.05, 4.69) is 5.32 Å². The lowest BCUT2D eigenvalue weighted by atomic mass is 10.0. The Morgan fingerprint density at radius 1 is 1.24 bits per heavy atom. The number of carbonyl (C=O) groups excluding carboxylic acids is 3. The lowest BCUT2D eigenvalue weighted by Gasteiger charge is -2.22. The molecule has 1 aliphatic heterocycles. The highest BCUT2D eigenvalue weighted by Gasteiger charge is 2.51. The SMILES string of the molecule is NC(=O)c1ccc(N2CC[C@@](O)(C(=O)NCCc3cc(F)cc(Cl)c3)C2=O)cc1. The van der Waals surface area contributed by atoms with Crippen molar-refractivity contribution in [3.05, 3.63) is 64.4 Å². The maximum absolute atomic E-state index is 13.4. The van der Waals surface area contributed by atoms with Crippen LogP contribution in [0.4, 0.5) is 10.1 Å². The quantitative estimate of drug-likeness (QED) is 0.614. The minimum atomic E-state index is -2.19. The second-order valence-corrected chi connectivity index (χ2v) is 7.20. The van der Waals surface area contributed by atoms with Crippen molar-refractivity contribution in [2.24, 2.45) is 5.73 Å². The molecule has 1 heterocycles. The molecule has 0 aromatic heterocycles. The Balaban J connectivity index is 1.63. The van der Waals surface area contributed by atoms with Crippen LogP contribution in [-0.2, 0) is 16.0 Å². The van der Waals surface area contributed by atoms with Crippen molar-refractivity contribution in [3.63, 3.8) is 0 Å². The summed E-state index contributed by atoms with van der Waals surface area (Å²) in [6, 6.07) is 10.0. The fourth-order valence-corrected chi connectivity index (χ4v) is 3.43. The largest absolute Gasteiger partial charge is 0.372 e. The standard InChI is InChI=1S/C20H19ClFN3O4/c21-14-9-12(10-15(22)11-14)5-7-24-18(27)20(29)6-8-25(19(20)28)16-3-1-13(2-4-16)17(23)26/h1-4,9-11,29H,5-8H2,(H2,23,26)(H,24,27)/t20-/m1/s1. The van der Waals surface area contributed by atoms with Crippen LogP contribution in [0.15, 0.2) is 42.5 Å². The monoisotopic (exact) mass is 419 g/mol. The first kappa shape index (κ1) is 20.8. The first-order chi connectivity index (χ1) is 13.7. The van der Waals surface area contributed by atoms with E-state index in [9.17, 15) is 23.9 Å². The summed E-state index contributed by atoms with van der Waals surface area (Å²) in [7, 11) is 0. The van der Waals surface area contributed by atoms with E-state index in [1.54, 1.807) is 6.07 Å². The molecule has 3 amide bonds. The fraction of sp³-hybridized carbons (Fsp3) is 0.250. The number of amides is 3. The van der Waals surface area contributed by atoms with Crippen molar-refractivity contribution in [3.8, 4) is 0 Å². The zero-order valence-electron chi connectivity index (χ0n) is 15.3. The van der Waals surface area contributed by atoms with Gasteiger partial charge in [-0.05, 0) is 54.4 Å². The van der Waals surface area contributed by atoms with E-state index < -0.39 is 29.1 Å². The lowest BCUT2D eigenvalue weighted by Crippen LogP contribution is -2.52. The summed E-state index contributed by atoms with van der Waals surface area (Å²) in [5.41, 5.74) is 4.31. The van der Waals surface area contributed by atoms with E-state index in [4.69, 9.17) is 17.3 Å². The normalized spacial score (nSPS) is 18.7. The summed E-state index contributed by atoms with van der Waals surface area (Å²) < 4.78 is 13.4. The Bertz CT molecular complexity index is 946. The Labute approximate surface area is 171 Å². The van der Waals surface area contributed by atoms with E-state index in [1.165, 1.54) is 41.3 Å². The van der Waals surface area contributed by atoms with Crippen LogP contribution in [0.5, 0.6) is 0 Å². The molecule has 0 saturated carbocycles. The number of rotatable bonds is 6. The number of carbonyl (C=O) groups is 3. The van der Waals surface area contributed by atoms with Crippen LogP contribution < -0.4 is 16.0 Å². The first-order valence-corrected chi connectivity index (χ1v) is 9.26. The van der Waals surface area contributed by atoms with Crippen LogP contribution in [0, 0.1) is 5.82 Å². The van der Waals surface area contributed by atoms with Crippen molar-refractivity contribution >= 4 is 35.0 Å². The third-order valence-electron chi connectivity index (χ3n) is 4.76. The smallest absolute Gasteiger partial charge is 0.268 e. The molecule has 3 rings (SSSR count). The minimum Gasteiger partial charge on any atom is -0.372 e. The minimum absolute atomic E-state index is 0.0823. The van der Waals surface area contributed by atoms with Crippen LogP contribution in [-0.4, -0.2) is 41.5 Å². The topological polar surface area (TPSA) is 113 Å². The summed E-state index contributed by atoms with van der Waals surface area (Å²) >= 11 is 5.79. The van der Waals surface area contributed by atoms with Crippen molar-refractivity contribution in [1.82, 2.24) is 5.32 Å². The zero-order valence-corrected chi connectivity index (χ0v) is 16.1. The molecule has 0 aliphatic carbocycles. The Morgan fingerprint density at radius 3 is 2.55 bits per heavy atom. The van der Waals surface area contributed by atoms with Crippen LogP contribution in [0.3, 0.4) is 0 Å². The van der Waals surface area contributed by atoms with Gasteiger partial charge in [0.15, 0.2) is 0 Å². The van der Waals surface area contributed by atoms with Crippen molar-refractivity contribution in [1.29, 1.82) is 0 Å². The summed E-state index contributed by atoms with van der Waals surface area (Å²) in [4.78, 5) is 37.5. The fourth-order valence-electron chi connectivity index (χ4n) is 3.19. The van der Waals surface area contributed by atoms with Crippen LogP contribution in [0.25, 0.3) is 0 Å². The summed E-state index contributed by atoms with van der Waals surface area (Å²) in [6.07, 6.45) is 0.201. The molecule has 2 aromatic carbocycles. The van der Waals surface area contributed by atoms with Crippen LogP contribution in [0.1, 0.15) is 22.3 Å². The van der Waals surface area contributed by atoms with Gasteiger partial charge in [-0.1, -0.05) is 11.6 Å². The molecule has 4 N–H and O–H groups in total. The summed E-state index contributed by atoms with van der Waals surface area (Å²) in [6.45, 7) is 0.236. The number of halogens is 2. The lowest BCUT2D eigenvalue weighted by molar-refractivity contribution is -0.149. The van der Waals surface area contributed by atoms with Gasteiger partial charge < -0.3 is 21.1 Å². The Kier molecular flexibility index (Phi) is 5.86. The van der Waals surface area contributed by atoms with Gasteiger partial charge in [0.05, 0.1) is 0 Å². The van der Waals surface area contributed by atoms with Gasteiger partial charge in [0.2, 0.25) is 11.5 Å². The highest BCUT2D eigenvalue weighted by Crippen LogP contribution is 2.29. The number of nitrogens with one attached hydrogen (secondary N) is 1. The number of hydrogen-bond acceptors (Lipinski definition) is 4. The van der Waals surface area contributed by atoms with Crippen molar-refractivity contribution in [2.75, 3.05) is 18.0 Å².